The van der Waals surface area contributed by atoms with E-state index >= 15 is 0 Å². The molecule has 0 fully saturated rings. The van der Waals surface area contributed by atoms with E-state index in [2.05, 4.69) is 11.0 Å². The summed E-state index contributed by atoms with van der Waals surface area (Å²) in [5.74, 6) is -0.345. The summed E-state index contributed by atoms with van der Waals surface area (Å²) in [5.41, 5.74) is 2.47. The molecule has 0 aliphatic carbocycles. The molecule has 0 aromatic heterocycles. The van der Waals surface area contributed by atoms with Crippen molar-refractivity contribution in [1.82, 2.24) is 0 Å². The maximum Gasteiger partial charge on any atom is 2.00 e. The maximum absolute atomic E-state index is 11.8. The Balaban J connectivity index is 0. The van der Waals surface area contributed by atoms with Gasteiger partial charge in [-0.3, -0.25) is 0 Å². The number of halogens is 2. The van der Waals surface area contributed by atoms with E-state index in [1.54, 1.807) is 0 Å². The molecule has 1 aliphatic rings. The molecule has 4 heteroatoms. The third kappa shape index (κ3) is 4.72. The fourth-order valence-electron chi connectivity index (χ4n) is 0.306. The van der Waals surface area contributed by atoms with Crippen LogP contribution in [0.3, 0.4) is 0 Å². The number of hydrogen-bond acceptors (Lipinski definition) is 0. The molecule has 0 aromatic carbocycles. The van der Waals surface area contributed by atoms with Crippen LogP contribution in [0.2, 0.25) is 0 Å². The topological polar surface area (TPSA) is 14.1 Å². The fourth-order valence-corrected chi connectivity index (χ4v) is 0.306. The van der Waals surface area contributed by atoms with Crippen molar-refractivity contribution in [1.29, 1.82) is 0 Å². The van der Waals surface area contributed by atoms with Crippen LogP contribution in [0.1, 0.15) is 0 Å². The average Bonchev–Trinajstić information content (AvgIpc) is 1.69. The van der Waals surface area contributed by atoms with Crippen molar-refractivity contribution in [3.63, 3.8) is 0 Å². The van der Waals surface area contributed by atoms with Gasteiger partial charge in [-0.25, -0.2) is 4.39 Å². The van der Waals surface area contributed by atoms with Gasteiger partial charge in [-0.05, 0) is 0 Å². The predicted octanol–water partition coefficient (Wildman–Crippen LogP) is -1.52. The van der Waals surface area contributed by atoms with Gasteiger partial charge in [0.1, 0.15) is 5.83 Å². The molecule has 1 heterocycles. The molecule has 1 rings (SSSR count). The van der Waals surface area contributed by atoms with Gasteiger partial charge >= 0.3 is 23.1 Å². The smallest absolute Gasteiger partial charge is 1.00 e. The molecule has 0 aromatic rings. The summed E-state index contributed by atoms with van der Waals surface area (Å²) in [6.07, 6.45) is 3.77. The zero-order valence-corrected chi connectivity index (χ0v) is 7.64. The quantitative estimate of drug-likeness (QED) is 0.333. The zero-order chi connectivity index (χ0) is 5.11. The average molecular weight is 200 g/mol. The van der Waals surface area contributed by atoms with Crippen LogP contribution in [0.5, 0.6) is 0 Å². The van der Waals surface area contributed by atoms with Crippen molar-refractivity contribution in [3.8, 4) is 0 Å². The Morgan fingerprint density at radius 3 is 2.44 bits per heavy atom. The molecule has 0 spiro atoms. The maximum atomic E-state index is 11.8. The summed E-state index contributed by atoms with van der Waals surface area (Å²) < 4.78 is 11.8. The second-order valence-electron chi connectivity index (χ2n) is 1.10. The molecule has 0 amide bonds. The van der Waals surface area contributed by atoms with Gasteiger partial charge in [0.2, 0.25) is 0 Å². The van der Waals surface area contributed by atoms with E-state index in [0.717, 1.165) is 6.20 Å². The van der Waals surface area contributed by atoms with Crippen LogP contribution in [-0.2, 0) is 0 Å². The summed E-state index contributed by atoms with van der Waals surface area (Å²) in [6.45, 7) is 0. The Morgan fingerprint density at radius 1 is 1.56 bits per heavy atom. The molecule has 0 radical (unpaired) electrons. The molecule has 0 saturated heterocycles. The van der Waals surface area contributed by atoms with E-state index in [1.807, 2.05) is 0 Å². The normalized spacial score (nSPS) is 12.3. The van der Waals surface area contributed by atoms with Gasteiger partial charge in [0.15, 0.2) is 0 Å². The predicted molar refractivity (Wildman–Crippen MR) is 31.0 cm³/mol. The van der Waals surface area contributed by atoms with Crippen LogP contribution in [-0.4, -0.2) is 23.1 Å². The minimum atomic E-state index is -0.345. The monoisotopic (exact) mass is 199 g/mol. The first-order valence-electron chi connectivity index (χ1n) is 1.86. The molecule has 0 unspecified atom stereocenters. The SMILES string of the molecule is FC1=C[N-]C=C=C1.[Br-].[Mg+2]. The molecule has 0 saturated carbocycles. The molecule has 1 aliphatic heterocycles. The summed E-state index contributed by atoms with van der Waals surface area (Å²) in [7, 11) is 0. The van der Waals surface area contributed by atoms with E-state index in [0.29, 0.717) is 0 Å². The van der Waals surface area contributed by atoms with Gasteiger partial charge in [0.05, 0.1) is 0 Å². The molecule has 0 N–H and O–H groups in total. The van der Waals surface area contributed by atoms with Gasteiger partial charge in [0, 0.05) is 6.08 Å². The van der Waals surface area contributed by atoms with Crippen molar-refractivity contribution in [2.75, 3.05) is 0 Å². The molecular formula is C5H3BrFMgN. The first-order chi connectivity index (χ1) is 3.39. The van der Waals surface area contributed by atoms with E-state index in [-0.39, 0.29) is 45.9 Å². The molecule has 0 atom stereocenters. The molecular weight excluding hydrogens is 197 g/mol. The Morgan fingerprint density at radius 2 is 2.22 bits per heavy atom. The van der Waals surface area contributed by atoms with Gasteiger partial charge in [-0.15, -0.1) is 18.1 Å². The van der Waals surface area contributed by atoms with Crippen molar-refractivity contribution < 1.29 is 21.4 Å². The first kappa shape index (κ1) is 12.0. The third-order valence-corrected chi connectivity index (χ3v) is 0.568. The summed E-state index contributed by atoms with van der Waals surface area (Å²) in [4.78, 5) is 0. The molecule has 9 heavy (non-hydrogen) atoms. The standard InChI is InChI=1S/C5H3FN.BrH.Mg/c6-5-2-1-3-7-4-5;;/h2-4H;1H;/q-1;;+2/p-1. The zero-order valence-electron chi connectivity index (χ0n) is 4.64. The van der Waals surface area contributed by atoms with Crippen molar-refractivity contribution in [2.24, 2.45) is 0 Å². The van der Waals surface area contributed by atoms with Crippen molar-refractivity contribution in [3.05, 3.63) is 35.4 Å². The van der Waals surface area contributed by atoms with Gasteiger partial charge in [0.25, 0.3) is 0 Å². The minimum Gasteiger partial charge on any atom is -1.00 e. The van der Waals surface area contributed by atoms with Crippen molar-refractivity contribution >= 4 is 23.1 Å². The largest absolute Gasteiger partial charge is 2.00 e. The van der Waals surface area contributed by atoms with Crippen LogP contribution >= 0.6 is 0 Å². The van der Waals surface area contributed by atoms with Crippen molar-refractivity contribution in [2.45, 2.75) is 0 Å². The van der Waals surface area contributed by atoms with Crippen LogP contribution in [0.15, 0.2) is 30.0 Å². The van der Waals surface area contributed by atoms with E-state index in [1.165, 1.54) is 12.3 Å². The van der Waals surface area contributed by atoms with E-state index in [9.17, 15) is 4.39 Å². The van der Waals surface area contributed by atoms with E-state index < -0.39 is 0 Å². The molecule has 1 nitrogen and oxygen atoms in total. The van der Waals surface area contributed by atoms with Crippen LogP contribution in [0, 0.1) is 0 Å². The molecule has 0 bridgehead atoms. The number of hydrogen-bond donors (Lipinski definition) is 0. The first-order valence-corrected chi connectivity index (χ1v) is 1.86. The second-order valence-corrected chi connectivity index (χ2v) is 1.10. The van der Waals surface area contributed by atoms with Crippen LogP contribution in [0.25, 0.3) is 5.32 Å². The Kier molecular flexibility index (Phi) is 8.45. The number of rotatable bonds is 0. The van der Waals surface area contributed by atoms with E-state index in [4.69, 9.17) is 0 Å². The van der Waals surface area contributed by atoms with Crippen LogP contribution < -0.4 is 17.0 Å². The second kappa shape index (κ2) is 6.36. The third-order valence-electron chi connectivity index (χ3n) is 0.568. The summed E-state index contributed by atoms with van der Waals surface area (Å²) in [6, 6.07) is 0. The fraction of sp³-hybridized carbons (Fsp3) is 0. The van der Waals surface area contributed by atoms with Gasteiger partial charge in [-0.2, -0.15) is 0 Å². The van der Waals surface area contributed by atoms with Crippen LogP contribution in [0.4, 0.5) is 4.39 Å². The minimum absolute atomic E-state index is 0. The Bertz CT molecular complexity index is 160. The Labute approximate surface area is 79.6 Å². The summed E-state index contributed by atoms with van der Waals surface area (Å²) in [5, 5.41) is 3.45. The van der Waals surface area contributed by atoms with Gasteiger partial charge in [-0.1, -0.05) is 0 Å². The van der Waals surface area contributed by atoms with Gasteiger partial charge < -0.3 is 22.3 Å². The number of allylic oxidation sites excluding steroid dienone is 2. The summed E-state index contributed by atoms with van der Waals surface area (Å²) >= 11 is 0. The Hall–Kier alpha value is 0.236. The number of nitrogens with zero attached hydrogens (tertiary/aromatic N) is 1. The molecule has 44 valence electrons.